The number of nitrogens with zero attached hydrogens (tertiary/aromatic N) is 2. The first kappa shape index (κ1) is 38.6. The van der Waals surface area contributed by atoms with Crippen LogP contribution in [0.5, 0.6) is 0 Å². The number of Topliss-reactive ketones (excluding diaryl/α,β-unsaturated/α-hetero) is 2. The van der Waals surface area contributed by atoms with E-state index in [4.69, 9.17) is 14.7 Å². The van der Waals surface area contributed by atoms with Gasteiger partial charge in [0.05, 0.1) is 23.3 Å². The molecule has 0 radical (unpaired) electrons. The maximum Gasteiger partial charge on any atom is 0.305 e. The van der Waals surface area contributed by atoms with Gasteiger partial charge in [0.1, 0.15) is 0 Å². The molecule has 2 aliphatic heterocycles. The Morgan fingerprint density at radius 1 is 0.774 bits per heavy atom. The number of ether oxygens (including phenoxy) is 1. The standard InChI is InChI=1S/C45H60N4O4/c1-8-10-11-12-13-14-15-16-17-18-21-53-41(52)20-19-32-27(4)35-23-36-28(5)42(30(7)50)39(47-36)25-34-26(3)31(9-2)38(46-34)24-37-29(6)43-40(51)22-33(44(32)48-35)45(43)49-37/h23-27,31-32,47,49H,8-22H2,1-7H3/t26-,27+,31-,32+/m1/s1. The normalized spacial score (nSPS) is 19.3. The van der Waals surface area contributed by atoms with E-state index in [2.05, 4.69) is 49.8 Å². The lowest BCUT2D eigenvalue weighted by Gasteiger charge is -2.17. The molecule has 4 atom stereocenters. The maximum atomic E-state index is 13.7. The van der Waals surface area contributed by atoms with Gasteiger partial charge in [0.2, 0.25) is 0 Å². The molecule has 2 N–H and O–H groups in total. The van der Waals surface area contributed by atoms with Crippen LogP contribution in [0.4, 0.5) is 0 Å². The minimum Gasteiger partial charge on any atom is -0.466 e. The molecular weight excluding hydrogens is 661 g/mol. The number of aromatic nitrogens is 4. The summed E-state index contributed by atoms with van der Waals surface area (Å²) < 4.78 is 5.72. The van der Waals surface area contributed by atoms with Gasteiger partial charge in [0, 0.05) is 81.3 Å². The van der Waals surface area contributed by atoms with Crippen molar-refractivity contribution in [1.82, 2.24) is 19.9 Å². The van der Waals surface area contributed by atoms with E-state index in [1.54, 1.807) is 6.92 Å². The Morgan fingerprint density at radius 2 is 1.38 bits per heavy atom. The minimum absolute atomic E-state index is 0.00116. The van der Waals surface area contributed by atoms with Crippen molar-refractivity contribution in [3.05, 3.63) is 68.8 Å². The summed E-state index contributed by atoms with van der Waals surface area (Å²) >= 11 is 0. The number of fused-ring (bicyclic) bond motifs is 8. The zero-order chi connectivity index (χ0) is 37.8. The number of rotatable bonds is 16. The summed E-state index contributed by atoms with van der Waals surface area (Å²) in [5.74, 6) is 0.217. The summed E-state index contributed by atoms with van der Waals surface area (Å²) in [4.78, 5) is 57.4. The van der Waals surface area contributed by atoms with E-state index in [0.29, 0.717) is 25.0 Å². The third-order valence-corrected chi connectivity index (χ3v) is 12.3. The van der Waals surface area contributed by atoms with Crippen LogP contribution in [0.2, 0.25) is 0 Å². The second-order valence-electron chi connectivity index (χ2n) is 16.0. The Bertz CT molecular complexity index is 2020. The minimum atomic E-state index is -0.177. The molecular formula is C45H60N4O4. The van der Waals surface area contributed by atoms with Crippen LogP contribution in [0, 0.1) is 13.8 Å². The number of aromatic amines is 2. The Hall–Kier alpha value is -4.07. The number of carbonyl (C=O) groups is 3. The van der Waals surface area contributed by atoms with E-state index < -0.39 is 0 Å². The van der Waals surface area contributed by atoms with Gasteiger partial charge >= 0.3 is 5.97 Å². The fourth-order valence-corrected chi connectivity index (χ4v) is 9.07. The van der Waals surface area contributed by atoms with Gasteiger partial charge in [-0.2, -0.15) is 0 Å². The van der Waals surface area contributed by atoms with E-state index in [0.717, 1.165) is 86.4 Å². The summed E-state index contributed by atoms with van der Waals surface area (Å²) in [6.45, 7) is 14.9. The quantitative estimate of drug-likeness (QED) is 0.0864. The second kappa shape index (κ2) is 16.9. The fourth-order valence-electron chi connectivity index (χ4n) is 9.07. The highest BCUT2D eigenvalue weighted by Crippen LogP contribution is 2.45. The molecule has 8 nitrogen and oxygen atoms in total. The topological polar surface area (TPSA) is 118 Å². The number of aryl methyl sites for hydroxylation is 2. The number of carbonyl (C=O) groups excluding carboxylic acids is 3. The highest BCUT2D eigenvalue weighted by atomic mass is 16.5. The lowest BCUT2D eigenvalue weighted by atomic mass is 9.85. The van der Waals surface area contributed by atoms with Gasteiger partial charge in [0.15, 0.2) is 11.6 Å². The Balaban J connectivity index is 1.31. The molecule has 0 amide bonds. The molecule has 0 saturated heterocycles. The molecule has 0 saturated carbocycles. The Morgan fingerprint density at radius 3 is 2.06 bits per heavy atom. The molecule has 3 aromatic rings. The lowest BCUT2D eigenvalue weighted by molar-refractivity contribution is -0.144. The van der Waals surface area contributed by atoms with Crippen molar-refractivity contribution in [2.45, 2.75) is 162 Å². The largest absolute Gasteiger partial charge is 0.466 e. The first-order valence-electron chi connectivity index (χ1n) is 20.5. The number of nitrogens with one attached hydrogen (secondary N) is 2. The number of H-pyrrole nitrogens is 2. The summed E-state index contributed by atoms with van der Waals surface area (Å²) in [7, 11) is 0. The molecule has 5 heterocycles. The van der Waals surface area contributed by atoms with Gasteiger partial charge in [0.25, 0.3) is 0 Å². The van der Waals surface area contributed by atoms with Crippen LogP contribution in [0.25, 0.3) is 22.1 Å². The summed E-state index contributed by atoms with van der Waals surface area (Å²) in [6, 6.07) is 6.21. The van der Waals surface area contributed by atoms with Crippen LogP contribution >= 0.6 is 0 Å². The molecule has 1 aliphatic carbocycles. The second-order valence-corrected chi connectivity index (χ2v) is 16.0. The highest BCUT2D eigenvalue weighted by Gasteiger charge is 2.36. The molecule has 8 bridgehead atoms. The van der Waals surface area contributed by atoms with E-state index in [-0.39, 0.29) is 47.6 Å². The SMILES string of the molecule is CCCCCCCCCCCCOC(=O)CC[C@@H]1c2nc(cc3[nH]c(cc4nc(cc5[nH]c6c2CC(=O)c6c5C)[C@H](CC)[C@H]4C)c(C(C)=O)c3C)[C@H]1C. The fraction of sp³-hybridized carbons (Fsp3) is 0.578. The molecule has 0 fully saturated rings. The predicted molar refractivity (Wildman–Crippen MR) is 213 cm³/mol. The molecule has 284 valence electrons. The smallest absolute Gasteiger partial charge is 0.305 e. The third-order valence-electron chi connectivity index (χ3n) is 12.3. The molecule has 0 unspecified atom stereocenters. The first-order valence-corrected chi connectivity index (χ1v) is 20.5. The number of hydrogen-bond donors (Lipinski definition) is 2. The van der Waals surface area contributed by atoms with Gasteiger partial charge < -0.3 is 14.7 Å². The van der Waals surface area contributed by atoms with Crippen molar-refractivity contribution in [1.29, 1.82) is 0 Å². The number of unbranched alkanes of at least 4 members (excludes halogenated alkanes) is 9. The zero-order valence-electron chi connectivity index (χ0n) is 33.2. The first-order chi connectivity index (χ1) is 25.5. The molecule has 0 aromatic carbocycles. The van der Waals surface area contributed by atoms with Gasteiger partial charge in [-0.1, -0.05) is 85.5 Å². The van der Waals surface area contributed by atoms with Crippen LogP contribution < -0.4 is 0 Å². The number of ketones is 2. The average Bonchev–Trinajstić information content (AvgIpc) is 3.88. The summed E-state index contributed by atoms with van der Waals surface area (Å²) in [5, 5.41) is 0. The molecule has 53 heavy (non-hydrogen) atoms. The summed E-state index contributed by atoms with van der Waals surface area (Å²) in [5.41, 5.74) is 11.2. The van der Waals surface area contributed by atoms with Crippen molar-refractivity contribution in [2.75, 3.05) is 6.61 Å². The summed E-state index contributed by atoms with van der Waals surface area (Å²) in [6.07, 6.45) is 14.4. The third kappa shape index (κ3) is 8.07. The van der Waals surface area contributed by atoms with Crippen LogP contribution in [0.3, 0.4) is 0 Å². The molecule has 3 aromatic heterocycles. The average molecular weight is 721 g/mol. The van der Waals surface area contributed by atoms with Gasteiger partial charge in [-0.25, -0.2) is 0 Å². The lowest BCUT2D eigenvalue weighted by Crippen LogP contribution is -2.11. The monoisotopic (exact) mass is 720 g/mol. The highest BCUT2D eigenvalue weighted by molar-refractivity contribution is 6.13. The van der Waals surface area contributed by atoms with E-state index in [1.807, 2.05) is 19.9 Å². The van der Waals surface area contributed by atoms with Gasteiger partial charge in [-0.05, 0) is 69.4 Å². The van der Waals surface area contributed by atoms with Crippen LogP contribution in [0.15, 0.2) is 18.2 Å². The Labute approximate surface area is 315 Å². The van der Waals surface area contributed by atoms with E-state index in [1.165, 1.54) is 51.4 Å². The van der Waals surface area contributed by atoms with E-state index >= 15 is 0 Å². The van der Waals surface area contributed by atoms with Crippen molar-refractivity contribution in [3.8, 4) is 0 Å². The van der Waals surface area contributed by atoms with Crippen LogP contribution in [-0.4, -0.2) is 44.1 Å². The number of hydrogen-bond acceptors (Lipinski definition) is 6. The van der Waals surface area contributed by atoms with Crippen molar-refractivity contribution in [2.24, 2.45) is 0 Å². The van der Waals surface area contributed by atoms with E-state index in [9.17, 15) is 14.4 Å². The van der Waals surface area contributed by atoms with Crippen LogP contribution in [0.1, 0.15) is 202 Å². The predicted octanol–water partition coefficient (Wildman–Crippen LogP) is 11.3. The molecule has 3 aliphatic rings. The maximum absolute atomic E-state index is 13.7. The molecule has 6 rings (SSSR count). The zero-order valence-corrected chi connectivity index (χ0v) is 33.2. The van der Waals surface area contributed by atoms with Gasteiger partial charge in [-0.15, -0.1) is 0 Å². The van der Waals surface area contributed by atoms with Crippen LogP contribution in [-0.2, 0) is 16.0 Å². The van der Waals surface area contributed by atoms with Crippen molar-refractivity contribution in [3.63, 3.8) is 0 Å². The molecule has 0 spiro atoms. The Kier molecular flexibility index (Phi) is 12.4. The van der Waals surface area contributed by atoms with Crippen molar-refractivity contribution >= 4 is 39.6 Å². The molecule has 8 heteroatoms. The number of esters is 1. The van der Waals surface area contributed by atoms with Crippen molar-refractivity contribution < 1.29 is 19.1 Å². The van der Waals surface area contributed by atoms with Gasteiger partial charge in [-0.3, -0.25) is 24.4 Å².